The zero-order valence-corrected chi connectivity index (χ0v) is 17.1. The SMILES string of the molecule is O=C(Nc1ccc(C(=O)N2CCC[C@@]3(CCN3C[C@@H]3CCCO3)C2)cc1)C1CC1. The number of hydrogen-bond acceptors (Lipinski definition) is 4. The van der Waals surface area contributed by atoms with Gasteiger partial charge < -0.3 is 15.0 Å². The molecule has 1 saturated carbocycles. The van der Waals surface area contributed by atoms with Crippen LogP contribution in [0.15, 0.2) is 24.3 Å². The molecule has 0 aromatic heterocycles. The number of likely N-dealkylation sites (tertiary alicyclic amines) is 2. The highest BCUT2D eigenvalue weighted by Gasteiger charge is 2.48. The number of amides is 2. The lowest BCUT2D eigenvalue weighted by Crippen LogP contribution is -2.68. The van der Waals surface area contributed by atoms with Crippen molar-refractivity contribution in [1.29, 1.82) is 0 Å². The number of carbonyl (C=O) groups excluding carboxylic acids is 2. The van der Waals surface area contributed by atoms with E-state index in [2.05, 4.69) is 10.2 Å². The number of piperidine rings is 1. The molecule has 1 aromatic carbocycles. The number of carbonyl (C=O) groups is 2. The van der Waals surface area contributed by atoms with Crippen LogP contribution in [0.3, 0.4) is 0 Å². The second-order valence-electron chi connectivity index (χ2n) is 9.23. The predicted octanol–water partition coefficient (Wildman–Crippen LogP) is 2.89. The third-order valence-electron chi connectivity index (χ3n) is 7.16. The van der Waals surface area contributed by atoms with Crippen molar-refractivity contribution in [3.63, 3.8) is 0 Å². The molecule has 2 atom stereocenters. The zero-order chi connectivity index (χ0) is 19.8. The zero-order valence-electron chi connectivity index (χ0n) is 17.1. The Hall–Kier alpha value is -1.92. The van der Waals surface area contributed by atoms with E-state index in [4.69, 9.17) is 4.74 Å². The Bertz CT molecular complexity index is 770. The molecule has 2 amide bonds. The molecule has 3 heterocycles. The van der Waals surface area contributed by atoms with E-state index in [-0.39, 0.29) is 23.3 Å². The maximum Gasteiger partial charge on any atom is 0.253 e. The van der Waals surface area contributed by atoms with Crippen LogP contribution in [0.2, 0.25) is 0 Å². The van der Waals surface area contributed by atoms with Crippen LogP contribution < -0.4 is 5.32 Å². The lowest BCUT2D eigenvalue weighted by atomic mass is 9.77. The smallest absolute Gasteiger partial charge is 0.253 e. The van der Waals surface area contributed by atoms with Crippen LogP contribution in [-0.2, 0) is 9.53 Å². The maximum atomic E-state index is 13.1. The average molecular weight is 398 g/mol. The van der Waals surface area contributed by atoms with Gasteiger partial charge >= 0.3 is 0 Å². The van der Waals surface area contributed by atoms with Crippen LogP contribution in [0.25, 0.3) is 0 Å². The quantitative estimate of drug-likeness (QED) is 0.830. The summed E-state index contributed by atoms with van der Waals surface area (Å²) in [4.78, 5) is 29.6. The maximum absolute atomic E-state index is 13.1. The minimum Gasteiger partial charge on any atom is -0.377 e. The lowest BCUT2D eigenvalue weighted by molar-refractivity contribution is -0.117. The number of hydrogen-bond donors (Lipinski definition) is 1. The largest absolute Gasteiger partial charge is 0.377 e. The van der Waals surface area contributed by atoms with Crippen molar-refractivity contribution in [2.75, 3.05) is 38.1 Å². The van der Waals surface area contributed by atoms with Crippen LogP contribution in [0, 0.1) is 5.92 Å². The molecule has 3 saturated heterocycles. The molecule has 1 aliphatic carbocycles. The van der Waals surface area contributed by atoms with Crippen molar-refractivity contribution in [3.8, 4) is 0 Å². The highest BCUT2D eigenvalue weighted by Crippen LogP contribution is 2.39. The Labute approximate surface area is 172 Å². The number of nitrogens with one attached hydrogen (secondary N) is 1. The van der Waals surface area contributed by atoms with E-state index in [1.165, 1.54) is 25.7 Å². The second kappa shape index (κ2) is 7.73. The molecule has 1 aromatic rings. The van der Waals surface area contributed by atoms with Crippen LogP contribution in [0.4, 0.5) is 5.69 Å². The molecule has 0 radical (unpaired) electrons. The topological polar surface area (TPSA) is 61.9 Å². The van der Waals surface area contributed by atoms with Gasteiger partial charge in [0.15, 0.2) is 0 Å². The first kappa shape index (κ1) is 19.1. The van der Waals surface area contributed by atoms with Gasteiger partial charge in [0.05, 0.1) is 6.10 Å². The molecule has 29 heavy (non-hydrogen) atoms. The molecule has 156 valence electrons. The van der Waals surface area contributed by atoms with Gasteiger partial charge in [-0.25, -0.2) is 0 Å². The van der Waals surface area contributed by atoms with Gasteiger partial charge in [-0.3, -0.25) is 14.5 Å². The van der Waals surface area contributed by atoms with Gasteiger partial charge in [-0.05, 0) is 69.2 Å². The van der Waals surface area contributed by atoms with Crippen molar-refractivity contribution >= 4 is 17.5 Å². The molecule has 0 bridgehead atoms. The first-order chi connectivity index (χ1) is 14.1. The van der Waals surface area contributed by atoms with E-state index < -0.39 is 0 Å². The van der Waals surface area contributed by atoms with E-state index >= 15 is 0 Å². The Morgan fingerprint density at radius 3 is 2.55 bits per heavy atom. The summed E-state index contributed by atoms with van der Waals surface area (Å²) in [6.07, 6.45) is 8.10. The van der Waals surface area contributed by atoms with Gasteiger partial charge in [0.2, 0.25) is 5.91 Å². The third-order valence-corrected chi connectivity index (χ3v) is 7.16. The predicted molar refractivity (Wildman–Crippen MR) is 111 cm³/mol. The number of ether oxygens (including phenoxy) is 1. The standard InChI is InChI=1S/C23H31N3O3/c27-21(17-4-5-17)24-19-8-6-18(7-9-19)22(28)25-12-2-10-23(16-25)11-13-26(23)15-20-3-1-14-29-20/h6-9,17,20H,1-5,10-16H2,(H,24,27)/t20-,23+/m0/s1. The Morgan fingerprint density at radius 2 is 1.90 bits per heavy atom. The lowest BCUT2D eigenvalue weighted by Gasteiger charge is -2.57. The van der Waals surface area contributed by atoms with Crippen molar-refractivity contribution in [1.82, 2.24) is 9.80 Å². The summed E-state index contributed by atoms with van der Waals surface area (Å²) in [5.41, 5.74) is 1.63. The molecule has 0 unspecified atom stereocenters. The van der Waals surface area contributed by atoms with Crippen LogP contribution in [0.1, 0.15) is 55.3 Å². The van der Waals surface area contributed by atoms with E-state index in [1.54, 1.807) is 0 Å². The Balaban J connectivity index is 1.21. The molecule has 6 nitrogen and oxygen atoms in total. The van der Waals surface area contributed by atoms with Crippen LogP contribution in [0.5, 0.6) is 0 Å². The number of anilines is 1. The first-order valence-electron chi connectivity index (χ1n) is 11.2. The summed E-state index contributed by atoms with van der Waals surface area (Å²) in [5.74, 6) is 0.382. The Morgan fingerprint density at radius 1 is 1.07 bits per heavy atom. The minimum atomic E-state index is 0.0957. The highest BCUT2D eigenvalue weighted by atomic mass is 16.5. The number of nitrogens with zero attached hydrogens (tertiary/aromatic N) is 2. The van der Waals surface area contributed by atoms with E-state index in [0.29, 0.717) is 11.7 Å². The summed E-state index contributed by atoms with van der Waals surface area (Å²) >= 11 is 0. The van der Waals surface area contributed by atoms with Crippen molar-refractivity contribution < 1.29 is 14.3 Å². The van der Waals surface area contributed by atoms with Gasteiger partial charge in [0.1, 0.15) is 0 Å². The summed E-state index contributed by atoms with van der Waals surface area (Å²) in [5, 5.41) is 2.94. The molecule has 4 aliphatic rings. The average Bonchev–Trinajstić information content (AvgIpc) is 3.48. The normalized spacial score (nSPS) is 29.7. The monoisotopic (exact) mass is 397 g/mol. The first-order valence-corrected chi connectivity index (χ1v) is 11.2. The van der Waals surface area contributed by atoms with Gasteiger partial charge in [0, 0.05) is 55.5 Å². The van der Waals surface area contributed by atoms with Gasteiger partial charge in [-0.2, -0.15) is 0 Å². The molecule has 4 fully saturated rings. The fourth-order valence-electron chi connectivity index (χ4n) is 5.12. The molecule has 3 aliphatic heterocycles. The summed E-state index contributed by atoms with van der Waals surface area (Å²) in [7, 11) is 0. The van der Waals surface area contributed by atoms with E-state index in [0.717, 1.165) is 57.7 Å². The van der Waals surface area contributed by atoms with E-state index in [9.17, 15) is 9.59 Å². The van der Waals surface area contributed by atoms with Crippen molar-refractivity contribution in [2.24, 2.45) is 5.92 Å². The molecule has 6 heteroatoms. The van der Waals surface area contributed by atoms with Crippen LogP contribution in [-0.4, -0.2) is 66.0 Å². The van der Waals surface area contributed by atoms with Crippen molar-refractivity contribution in [2.45, 2.75) is 56.6 Å². The third kappa shape index (κ3) is 3.92. The number of rotatable bonds is 5. The number of benzene rings is 1. The molecule has 5 rings (SSSR count). The van der Waals surface area contributed by atoms with Crippen molar-refractivity contribution in [3.05, 3.63) is 29.8 Å². The molecular weight excluding hydrogens is 366 g/mol. The fraction of sp³-hybridized carbons (Fsp3) is 0.652. The summed E-state index contributed by atoms with van der Waals surface area (Å²) in [6.45, 7) is 4.68. The van der Waals surface area contributed by atoms with Gasteiger partial charge in [0.25, 0.3) is 5.91 Å². The molecule has 1 N–H and O–H groups in total. The van der Waals surface area contributed by atoms with Crippen LogP contribution >= 0.6 is 0 Å². The Kier molecular flexibility index (Phi) is 5.08. The van der Waals surface area contributed by atoms with Gasteiger partial charge in [-0.1, -0.05) is 0 Å². The van der Waals surface area contributed by atoms with Gasteiger partial charge in [-0.15, -0.1) is 0 Å². The van der Waals surface area contributed by atoms with E-state index in [1.807, 2.05) is 29.2 Å². The summed E-state index contributed by atoms with van der Waals surface area (Å²) in [6, 6.07) is 7.38. The highest BCUT2D eigenvalue weighted by molar-refractivity contribution is 5.96. The molecular formula is C23H31N3O3. The second-order valence-corrected chi connectivity index (χ2v) is 9.23. The fourth-order valence-corrected chi connectivity index (χ4v) is 5.12. The summed E-state index contributed by atoms with van der Waals surface area (Å²) < 4.78 is 5.84. The molecule has 1 spiro atoms. The minimum absolute atomic E-state index is 0.0957.